The van der Waals surface area contributed by atoms with Crippen molar-refractivity contribution in [2.24, 2.45) is 0 Å². The first kappa shape index (κ1) is 13.7. The molecule has 2 rings (SSSR count). The minimum absolute atomic E-state index is 0.0643. The van der Waals surface area contributed by atoms with Crippen molar-refractivity contribution >= 4 is 16.7 Å². The van der Waals surface area contributed by atoms with Crippen LogP contribution in [0.15, 0.2) is 36.5 Å². The van der Waals surface area contributed by atoms with Crippen LogP contribution in [0.1, 0.15) is 37.0 Å². The molecular formula is C16H19NO2. The van der Waals surface area contributed by atoms with Gasteiger partial charge < -0.3 is 4.74 Å². The van der Waals surface area contributed by atoms with E-state index in [1.165, 1.54) is 0 Å². The first-order valence-electron chi connectivity index (χ1n) is 6.76. The van der Waals surface area contributed by atoms with Gasteiger partial charge in [0.15, 0.2) is 5.78 Å². The molecule has 0 saturated carbocycles. The number of Topliss-reactive ketones (excluding diaryl/α,β-unsaturated/α-hetero) is 1. The Morgan fingerprint density at radius 2 is 2.16 bits per heavy atom. The molecule has 2 aromatic rings. The van der Waals surface area contributed by atoms with Gasteiger partial charge in [0.25, 0.3) is 0 Å². The Hall–Kier alpha value is -1.74. The largest absolute Gasteiger partial charge is 0.370 e. The van der Waals surface area contributed by atoms with E-state index < -0.39 is 0 Å². The third kappa shape index (κ3) is 3.18. The lowest BCUT2D eigenvalue weighted by Gasteiger charge is -2.15. The summed E-state index contributed by atoms with van der Waals surface area (Å²) in [7, 11) is 0. The maximum atomic E-state index is 12.4. The van der Waals surface area contributed by atoms with Crippen molar-refractivity contribution in [1.29, 1.82) is 0 Å². The molecule has 0 fully saturated rings. The Kier molecular flexibility index (Phi) is 4.63. The Bertz CT molecular complexity index is 559. The molecule has 0 aliphatic heterocycles. The maximum Gasteiger partial charge on any atom is 0.191 e. The molecule has 0 bridgehead atoms. The summed E-state index contributed by atoms with van der Waals surface area (Å²) in [5, 5.41) is 0.986. The summed E-state index contributed by atoms with van der Waals surface area (Å²) in [5.74, 6) is 0.0643. The zero-order chi connectivity index (χ0) is 13.7. The molecule has 1 aromatic carbocycles. The molecule has 1 unspecified atom stereocenters. The van der Waals surface area contributed by atoms with Crippen LogP contribution in [-0.2, 0) is 4.74 Å². The summed E-state index contributed by atoms with van der Waals surface area (Å²) < 4.78 is 5.55. The fourth-order valence-electron chi connectivity index (χ4n) is 2.17. The molecule has 100 valence electrons. The van der Waals surface area contributed by atoms with Gasteiger partial charge in [-0.05, 0) is 37.6 Å². The summed E-state index contributed by atoms with van der Waals surface area (Å²) in [6, 6.07) is 9.46. The third-order valence-electron chi connectivity index (χ3n) is 3.10. The number of nitrogens with zero attached hydrogens (tertiary/aromatic N) is 1. The van der Waals surface area contributed by atoms with E-state index in [4.69, 9.17) is 4.74 Å². The molecule has 3 heteroatoms. The van der Waals surface area contributed by atoms with E-state index in [1.54, 1.807) is 6.20 Å². The van der Waals surface area contributed by atoms with E-state index >= 15 is 0 Å². The average Bonchev–Trinajstić information content (AvgIpc) is 2.46. The molecule has 19 heavy (non-hydrogen) atoms. The van der Waals surface area contributed by atoms with Gasteiger partial charge in [-0.2, -0.15) is 0 Å². The van der Waals surface area contributed by atoms with Crippen LogP contribution >= 0.6 is 0 Å². The Balaban J connectivity index is 2.29. The van der Waals surface area contributed by atoms with Crippen LogP contribution < -0.4 is 0 Å². The predicted molar refractivity (Wildman–Crippen MR) is 76.4 cm³/mol. The molecule has 0 radical (unpaired) electrons. The van der Waals surface area contributed by atoms with Crippen molar-refractivity contribution in [2.75, 3.05) is 6.61 Å². The van der Waals surface area contributed by atoms with Crippen molar-refractivity contribution in [3.8, 4) is 0 Å². The van der Waals surface area contributed by atoms with Crippen LogP contribution in [0.3, 0.4) is 0 Å². The fourth-order valence-corrected chi connectivity index (χ4v) is 2.17. The Morgan fingerprint density at radius 3 is 2.89 bits per heavy atom. The summed E-state index contributed by atoms with van der Waals surface area (Å²) in [5.41, 5.74) is 1.61. The second kappa shape index (κ2) is 6.43. The van der Waals surface area contributed by atoms with E-state index in [1.807, 2.05) is 37.3 Å². The molecule has 1 aromatic heterocycles. The molecule has 0 saturated heterocycles. The van der Waals surface area contributed by atoms with Crippen molar-refractivity contribution in [3.63, 3.8) is 0 Å². The molecule has 0 aliphatic carbocycles. The number of rotatable bonds is 6. The van der Waals surface area contributed by atoms with Crippen LogP contribution in [0.25, 0.3) is 10.9 Å². The molecule has 0 spiro atoms. The van der Waals surface area contributed by atoms with E-state index in [0.717, 1.165) is 23.7 Å². The first-order chi connectivity index (χ1) is 9.26. The van der Waals surface area contributed by atoms with Gasteiger partial charge in [0.1, 0.15) is 6.10 Å². The molecular weight excluding hydrogens is 238 g/mol. The molecule has 1 heterocycles. The van der Waals surface area contributed by atoms with Gasteiger partial charge in [-0.15, -0.1) is 0 Å². The molecule has 3 nitrogen and oxygen atoms in total. The SMILES string of the molecule is CCCC(OCC)C(=O)c1ccc2ncccc2c1. The number of carbonyl (C=O) groups excluding carboxylic acids is 1. The zero-order valence-corrected chi connectivity index (χ0v) is 11.4. The topological polar surface area (TPSA) is 39.2 Å². The summed E-state index contributed by atoms with van der Waals surface area (Å²) in [6.07, 6.45) is 3.12. The first-order valence-corrected chi connectivity index (χ1v) is 6.76. The summed E-state index contributed by atoms with van der Waals surface area (Å²) >= 11 is 0. The zero-order valence-electron chi connectivity index (χ0n) is 11.4. The lowest BCUT2D eigenvalue weighted by molar-refractivity contribution is 0.0423. The number of ether oxygens (including phenoxy) is 1. The summed E-state index contributed by atoms with van der Waals surface area (Å²) in [4.78, 5) is 16.7. The van der Waals surface area contributed by atoms with Gasteiger partial charge in [0.2, 0.25) is 0 Å². The quantitative estimate of drug-likeness (QED) is 0.742. The molecule has 0 N–H and O–H groups in total. The monoisotopic (exact) mass is 257 g/mol. The molecule has 0 amide bonds. The van der Waals surface area contributed by atoms with Gasteiger partial charge in [-0.25, -0.2) is 0 Å². The number of carbonyl (C=O) groups is 1. The Morgan fingerprint density at radius 1 is 1.32 bits per heavy atom. The van der Waals surface area contributed by atoms with Crippen molar-refractivity contribution < 1.29 is 9.53 Å². The van der Waals surface area contributed by atoms with Gasteiger partial charge in [0, 0.05) is 23.8 Å². The minimum atomic E-state index is -0.330. The molecule has 1 atom stereocenters. The van der Waals surface area contributed by atoms with Crippen LogP contribution in [0.5, 0.6) is 0 Å². The van der Waals surface area contributed by atoms with Crippen molar-refractivity contribution in [1.82, 2.24) is 4.98 Å². The predicted octanol–water partition coefficient (Wildman–Crippen LogP) is 3.62. The van der Waals surface area contributed by atoms with Crippen LogP contribution in [0.2, 0.25) is 0 Å². The maximum absolute atomic E-state index is 12.4. The van der Waals surface area contributed by atoms with E-state index in [2.05, 4.69) is 11.9 Å². The smallest absolute Gasteiger partial charge is 0.191 e. The average molecular weight is 257 g/mol. The highest BCUT2D eigenvalue weighted by molar-refractivity contribution is 6.02. The third-order valence-corrected chi connectivity index (χ3v) is 3.10. The lowest BCUT2D eigenvalue weighted by atomic mass is 10.0. The van der Waals surface area contributed by atoms with Crippen molar-refractivity contribution in [2.45, 2.75) is 32.8 Å². The number of ketones is 1. The lowest BCUT2D eigenvalue weighted by Crippen LogP contribution is -2.24. The van der Waals surface area contributed by atoms with Crippen molar-refractivity contribution in [3.05, 3.63) is 42.1 Å². The standard InChI is InChI=1S/C16H19NO2/c1-3-6-15(19-4-2)16(18)13-8-9-14-12(11-13)7-5-10-17-14/h5,7-11,15H,3-4,6H2,1-2H3. The minimum Gasteiger partial charge on any atom is -0.370 e. The highest BCUT2D eigenvalue weighted by atomic mass is 16.5. The van der Waals surface area contributed by atoms with E-state index in [-0.39, 0.29) is 11.9 Å². The highest BCUT2D eigenvalue weighted by Gasteiger charge is 2.19. The van der Waals surface area contributed by atoms with Crippen LogP contribution in [-0.4, -0.2) is 23.5 Å². The normalized spacial score (nSPS) is 12.5. The van der Waals surface area contributed by atoms with Gasteiger partial charge >= 0.3 is 0 Å². The van der Waals surface area contributed by atoms with Crippen LogP contribution in [0, 0.1) is 0 Å². The second-order valence-corrected chi connectivity index (χ2v) is 4.51. The van der Waals surface area contributed by atoms with Crippen LogP contribution in [0.4, 0.5) is 0 Å². The van der Waals surface area contributed by atoms with Gasteiger partial charge in [0.05, 0.1) is 5.52 Å². The van der Waals surface area contributed by atoms with E-state index in [0.29, 0.717) is 12.2 Å². The molecule has 0 aliphatic rings. The number of pyridine rings is 1. The number of hydrogen-bond acceptors (Lipinski definition) is 3. The van der Waals surface area contributed by atoms with Gasteiger partial charge in [-0.1, -0.05) is 19.4 Å². The number of benzene rings is 1. The fraction of sp³-hybridized carbons (Fsp3) is 0.375. The number of aromatic nitrogens is 1. The van der Waals surface area contributed by atoms with E-state index in [9.17, 15) is 4.79 Å². The van der Waals surface area contributed by atoms with Gasteiger partial charge in [-0.3, -0.25) is 9.78 Å². The summed E-state index contributed by atoms with van der Waals surface area (Å²) in [6.45, 7) is 4.54. The Labute approximate surface area is 113 Å². The highest BCUT2D eigenvalue weighted by Crippen LogP contribution is 2.17. The number of hydrogen-bond donors (Lipinski definition) is 0. The second-order valence-electron chi connectivity index (χ2n) is 4.51. The number of fused-ring (bicyclic) bond motifs is 1.